The van der Waals surface area contributed by atoms with E-state index >= 15 is 0 Å². The van der Waals surface area contributed by atoms with Crippen molar-refractivity contribution in [1.29, 1.82) is 0 Å². The van der Waals surface area contributed by atoms with Gasteiger partial charge in [-0.05, 0) is 61.0 Å². The van der Waals surface area contributed by atoms with Gasteiger partial charge in [-0.25, -0.2) is 12.8 Å². The summed E-state index contributed by atoms with van der Waals surface area (Å²) < 4.78 is 41.2. The summed E-state index contributed by atoms with van der Waals surface area (Å²) in [4.78, 5) is 18.2. The highest BCUT2D eigenvalue weighted by Crippen LogP contribution is 2.25. The van der Waals surface area contributed by atoms with Crippen LogP contribution in [-0.4, -0.2) is 56.8 Å². The van der Waals surface area contributed by atoms with Crippen LogP contribution in [0.1, 0.15) is 15.2 Å². The van der Waals surface area contributed by atoms with Crippen LogP contribution in [0.2, 0.25) is 0 Å². The van der Waals surface area contributed by atoms with Crippen molar-refractivity contribution in [1.82, 2.24) is 9.21 Å². The van der Waals surface area contributed by atoms with Gasteiger partial charge < -0.3 is 9.80 Å². The van der Waals surface area contributed by atoms with Crippen LogP contribution in [0.25, 0.3) is 0 Å². The molecule has 1 aliphatic heterocycles. The van der Waals surface area contributed by atoms with E-state index in [9.17, 15) is 17.6 Å². The number of halogens is 1. The van der Waals surface area contributed by atoms with Crippen molar-refractivity contribution in [2.45, 2.75) is 11.4 Å². The van der Waals surface area contributed by atoms with Crippen molar-refractivity contribution in [3.05, 3.63) is 82.3 Å². The van der Waals surface area contributed by atoms with Gasteiger partial charge in [0, 0.05) is 42.3 Å². The molecule has 1 aliphatic rings. The Morgan fingerprint density at radius 2 is 1.75 bits per heavy atom. The summed E-state index contributed by atoms with van der Waals surface area (Å²) in [5.74, 6) is -0.738. The van der Waals surface area contributed by atoms with Crippen LogP contribution in [0.3, 0.4) is 0 Å². The Balaban J connectivity index is 1.65. The Hall–Kier alpha value is -2.59. The first-order chi connectivity index (χ1) is 15.3. The maximum atomic E-state index is 13.5. The number of anilines is 1. The number of benzene rings is 2. The Morgan fingerprint density at radius 1 is 1.03 bits per heavy atom. The Labute approximate surface area is 191 Å². The van der Waals surface area contributed by atoms with Crippen molar-refractivity contribution in [3.8, 4) is 0 Å². The fourth-order valence-electron chi connectivity index (χ4n) is 3.58. The fraction of sp³-hybridized carbons (Fsp3) is 0.261. The molecule has 4 rings (SSSR count). The lowest BCUT2D eigenvalue weighted by atomic mass is 10.1. The Kier molecular flexibility index (Phi) is 6.71. The molecule has 0 saturated carbocycles. The average Bonchev–Trinajstić information content (AvgIpc) is 3.31. The van der Waals surface area contributed by atoms with E-state index in [1.54, 1.807) is 24.3 Å². The molecule has 32 heavy (non-hydrogen) atoms. The second-order valence-electron chi connectivity index (χ2n) is 7.68. The van der Waals surface area contributed by atoms with Crippen LogP contribution < -0.4 is 4.90 Å². The number of hydrogen-bond acceptors (Lipinski definition) is 5. The summed E-state index contributed by atoms with van der Waals surface area (Å²) in [6.07, 6.45) is 0. The standard InChI is InChI=1S/C23H24FN3O3S2/c1-25-11-13-26(14-12-25)32(29,30)22-6-2-4-18(16-22)23(28)27(17-21-5-3-15-31-21)20-9-7-19(24)8-10-20/h2-10,15-16H,11-14,17H2,1H3. The van der Waals surface area contributed by atoms with Crippen LogP contribution in [0.15, 0.2) is 70.9 Å². The fourth-order valence-corrected chi connectivity index (χ4v) is 5.74. The number of thiophene rings is 1. The minimum atomic E-state index is -3.70. The summed E-state index contributed by atoms with van der Waals surface area (Å²) in [6.45, 7) is 2.46. The van der Waals surface area contributed by atoms with Crippen molar-refractivity contribution in [3.63, 3.8) is 0 Å². The molecule has 2 aromatic carbocycles. The van der Waals surface area contributed by atoms with E-state index in [1.807, 2.05) is 24.6 Å². The number of carbonyl (C=O) groups is 1. The molecule has 168 valence electrons. The molecule has 0 N–H and O–H groups in total. The number of rotatable bonds is 6. The van der Waals surface area contributed by atoms with Crippen LogP contribution >= 0.6 is 11.3 Å². The molecule has 1 aromatic heterocycles. The molecule has 0 radical (unpaired) electrons. The first kappa shape index (κ1) is 22.6. The van der Waals surface area contributed by atoms with Gasteiger partial charge in [-0.1, -0.05) is 12.1 Å². The van der Waals surface area contributed by atoms with Gasteiger partial charge >= 0.3 is 0 Å². The second-order valence-corrected chi connectivity index (χ2v) is 10.7. The molecular weight excluding hydrogens is 449 g/mol. The highest BCUT2D eigenvalue weighted by molar-refractivity contribution is 7.89. The minimum absolute atomic E-state index is 0.100. The predicted molar refractivity (Wildman–Crippen MR) is 124 cm³/mol. The Bertz CT molecular complexity index is 1170. The highest BCUT2D eigenvalue weighted by atomic mass is 32.2. The zero-order valence-corrected chi connectivity index (χ0v) is 19.3. The molecular formula is C23H24FN3O3S2. The molecule has 0 aliphatic carbocycles. The number of sulfonamides is 1. The molecule has 1 fully saturated rings. The van der Waals surface area contributed by atoms with Gasteiger partial charge in [0.2, 0.25) is 10.0 Å². The number of hydrogen-bond donors (Lipinski definition) is 0. The number of amides is 1. The van der Waals surface area contributed by atoms with Crippen LogP contribution in [0.5, 0.6) is 0 Å². The molecule has 0 bridgehead atoms. The highest BCUT2D eigenvalue weighted by Gasteiger charge is 2.28. The molecule has 3 aromatic rings. The summed E-state index contributed by atoms with van der Waals surface area (Å²) in [5, 5.41) is 1.92. The van der Waals surface area contributed by atoms with E-state index < -0.39 is 15.8 Å². The number of piperazine rings is 1. The summed E-state index contributed by atoms with van der Waals surface area (Å²) >= 11 is 1.51. The SMILES string of the molecule is CN1CCN(S(=O)(=O)c2cccc(C(=O)N(Cc3cccs3)c3ccc(F)cc3)c2)CC1. The zero-order chi connectivity index (χ0) is 22.7. The smallest absolute Gasteiger partial charge is 0.258 e. The van der Waals surface area contributed by atoms with Gasteiger partial charge in [0.15, 0.2) is 0 Å². The summed E-state index contributed by atoms with van der Waals surface area (Å²) in [7, 11) is -1.74. The molecule has 6 nitrogen and oxygen atoms in total. The Morgan fingerprint density at radius 3 is 2.41 bits per heavy atom. The lowest BCUT2D eigenvalue weighted by Gasteiger charge is -2.31. The van der Waals surface area contributed by atoms with E-state index in [-0.39, 0.29) is 16.4 Å². The molecule has 1 saturated heterocycles. The molecule has 0 spiro atoms. The van der Waals surface area contributed by atoms with Crippen molar-refractivity contribution < 1.29 is 17.6 Å². The minimum Gasteiger partial charge on any atom is -0.304 e. The van der Waals surface area contributed by atoms with Crippen LogP contribution in [0, 0.1) is 5.82 Å². The first-order valence-electron chi connectivity index (χ1n) is 10.2. The van der Waals surface area contributed by atoms with Gasteiger partial charge in [0.1, 0.15) is 5.82 Å². The topological polar surface area (TPSA) is 60.9 Å². The summed E-state index contributed by atoms with van der Waals surface area (Å²) in [6, 6.07) is 15.7. The van der Waals surface area contributed by atoms with Gasteiger partial charge in [-0.2, -0.15) is 4.31 Å². The number of likely N-dealkylation sites (N-methyl/N-ethyl adjacent to an activating group) is 1. The second kappa shape index (κ2) is 9.50. The van der Waals surface area contributed by atoms with Crippen LogP contribution in [-0.2, 0) is 16.6 Å². The predicted octanol–water partition coefficient (Wildman–Crippen LogP) is 3.67. The van der Waals surface area contributed by atoms with Gasteiger partial charge in [0.05, 0.1) is 11.4 Å². The quantitative estimate of drug-likeness (QED) is 0.548. The van der Waals surface area contributed by atoms with E-state index in [0.717, 1.165) is 4.88 Å². The molecule has 2 heterocycles. The molecule has 0 unspecified atom stereocenters. The third-order valence-electron chi connectivity index (χ3n) is 5.46. The normalized spacial score (nSPS) is 15.6. The third-order valence-corrected chi connectivity index (χ3v) is 8.21. The average molecular weight is 474 g/mol. The maximum absolute atomic E-state index is 13.5. The third kappa shape index (κ3) is 4.91. The van der Waals surface area contributed by atoms with Gasteiger partial charge in [-0.15, -0.1) is 11.3 Å². The van der Waals surface area contributed by atoms with Gasteiger partial charge in [0.25, 0.3) is 5.91 Å². The van der Waals surface area contributed by atoms with Crippen molar-refractivity contribution in [2.24, 2.45) is 0 Å². The summed E-state index contributed by atoms with van der Waals surface area (Å²) in [5.41, 5.74) is 0.804. The number of nitrogens with zero attached hydrogens (tertiary/aromatic N) is 3. The maximum Gasteiger partial charge on any atom is 0.258 e. The van der Waals surface area contributed by atoms with Crippen molar-refractivity contribution in [2.75, 3.05) is 38.1 Å². The lowest BCUT2D eigenvalue weighted by molar-refractivity contribution is 0.0985. The zero-order valence-electron chi connectivity index (χ0n) is 17.6. The molecule has 0 atom stereocenters. The van der Waals surface area contributed by atoms with E-state index in [4.69, 9.17) is 0 Å². The largest absolute Gasteiger partial charge is 0.304 e. The van der Waals surface area contributed by atoms with Crippen molar-refractivity contribution >= 4 is 33.0 Å². The van der Waals surface area contributed by atoms with E-state index in [1.165, 1.54) is 44.8 Å². The molecule has 1 amide bonds. The monoisotopic (exact) mass is 473 g/mol. The van der Waals surface area contributed by atoms with Crippen LogP contribution in [0.4, 0.5) is 10.1 Å². The first-order valence-corrected chi connectivity index (χ1v) is 12.5. The van der Waals surface area contributed by atoms with Gasteiger partial charge in [-0.3, -0.25) is 4.79 Å². The number of carbonyl (C=O) groups excluding carboxylic acids is 1. The van der Waals surface area contributed by atoms with E-state index in [0.29, 0.717) is 38.4 Å². The lowest BCUT2D eigenvalue weighted by Crippen LogP contribution is -2.47. The van der Waals surface area contributed by atoms with E-state index in [2.05, 4.69) is 4.90 Å². The molecule has 9 heteroatoms.